The highest BCUT2D eigenvalue weighted by Crippen LogP contribution is 2.28. The molecule has 3 aromatic rings. The first-order valence-corrected chi connectivity index (χ1v) is 10.8. The van der Waals surface area contributed by atoms with Gasteiger partial charge in [-0.15, -0.1) is 11.3 Å². The number of hydrogen-bond acceptors (Lipinski definition) is 4. The van der Waals surface area contributed by atoms with E-state index in [-0.39, 0.29) is 29.5 Å². The Bertz CT molecular complexity index is 1000. The van der Waals surface area contributed by atoms with Crippen LogP contribution in [0.5, 0.6) is 0 Å². The number of carbonyl (C=O) groups is 1. The summed E-state index contributed by atoms with van der Waals surface area (Å²) in [4.78, 5) is 13.4. The van der Waals surface area contributed by atoms with Crippen LogP contribution < -0.4 is 9.62 Å². The van der Waals surface area contributed by atoms with E-state index in [0.29, 0.717) is 5.69 Å². The first kappa shape index (κ1) is 19.1. The quantitative estimate of drug-likeness (QED) is 0.648. The first-order valence-electron chi connectivity index (χ1n) is 8.51. The monoisotopic (exact) mass is 400 g/mol. The third-order valence-corrected chi connectivity index (χ3v) is 6.81. The summed E-state index contributed by atoms with van der Waals surface area (Å²) in [5.41, 5.74) is 0.869. The number of anilines is 2. The zero-order valence-corrected chi connectivity index (χ0v) is 16.5. The van der Waals surface area contributed by atoms with Gasteiger partial charge in [0.1, 0.15) is 4.90 Å². The molecule has 0 aliphatic heterocycles. The Kier molecular flexibility index (Phi) is 5.93. The Morgan fingerprint density at radius 3 is 2.37 bits per heavy atom. The molecule has 0 aliphatic rings. The van der Waals surface area contributed by atoms with Crippen molar-refractivity contribution in [1.82, 2.24) is 0 Å². The second-order valence-electron chi connectivity index (χ2n) is 5.81. The molecule has 5 nitrogen and oxygen atoms in total. The van der Waals surface area contributed by atoms with E-state index in [2.05, 4.69) is 5.32 Å². The second kappa shape index (κ2) is 8.37. The number of nitrogens with one attached hydrogen (secondary N) is 1. The fraction of sp³-hybridized carbons (Fsp3) is 0.150. The topological polar surface area (TPSA) is 66.5 Å². The molecule has 1 N–H and O–H groups in total. The molecular formula is C20H20N2O3S2. The zero-order valence-electron chi connectivity index (χ0n) is 14.8. The minimum absolute atomic E-state index is 0.0789. The van der Waals surface area contributed by atoms with E-state index < -0.39 is 10.0 Å². The summed E-state index contributed by atoms with van der Waals surface area (Å²) in [5.74, 6) is -0.247. The third kappa shape index (κ3) is 4.37. The Hall–Kier alpha value is -2.64. The van der Waals surface area contributed by atoms with Gasteiger partial charge in [-0.05, 0) is 42.6 Å². The molecule has 140 valence electrons. The lowest BCUT2D eigenvalue weighted by Gasteiger charge is -2.24. The number of nitrogens with zero attached hydrogens (tertiary/aromatic N) is 1. The van der Waals surface area contributed by atoms with Crippen molar-refractivity contribution in [2.45, 2.75) is 18.2 Å². The maximum Gasteiger partial charge on any atom is 0.266 e. The summed E-state index contributed by atoms with van der Waals surface area (Å²) < 4.78 is 27.9. The summed E-state index contributed by atoms with van der Waals surface area (Å²) in [6.07, 6.45) is 0.211. The van der Waals surface area contributed by atoms with E-state index in [4.69, 9.17) is 0 Å². The molecule has 2 aromatic carbocycles. The SMILES string of the molecule is CCN(c1ccccc1)S(=O)(=O)c1ccccc1NC(=O)Cc1cccs1. The van der Waals surface area contributed by atoms with E-state index in [9.17, 15) is 13.2 Å². The molecule has 0 saturated heterocycles. The van der Waals surface area contributed by atoms with E-state index in [0.717, 1.165) is 4.88 Å². The highest BCUT2D eigenvalue weighted by molar-refractivity contribution is 7.93. The Morgan fingerprint density at radius 2 is 1.70 bits per heavy atom. The van der Waals surface area contributed by atoms with Crippen LogP contribution in [-0.2, 0) is 21.2 Å². The molecule has 0 bridgehead atoms. The molecular weight excluding hydrogens is 380 g/mol. The fourth-order valence-electron chi connectivity index (χ4n) is 2.76. The van der Waals surface area contributed by atoms with Crippen LogP contribution in [0.2, 0.25) is 0 Å². The van der Waals surface area contributed by atoms with Crippen molar-refractivity contribution in [2.24, 2.45) is 0 Å². The van der Waals surface area contributed by atoms with Gasteiger partial charge in [-0.1, -0.05) is 36.4 Å². The van der Waals surface area contributed by atoms with E-state index in [1.54, 1.807) is 49.4 Å². The van der Waals surface area contributed by atoms with E-state index in [1.807, 2.05) is 23.6 Å². The lowest BCUT2D eigenvalue weighted by atomic mass is 10.3. The van der Waals surface area contributed by atoms with Crippen LogP contribution in [0.3, 0.4) is 0 Å². The number of benzene rings is 2. The molecule has 0 atom stereocenters. The summed E-state index contributed by atoms with van der Waals surface area (Å²) in [6.45, 7) is 2.06. The molecule has 1 aromatic heterocycles. The van der Waals surface area contributed by atoms with Crippen LogP contribution in [0.25, 0.3) is 0 Å². The van der Waals surface area contributed by atoms with Crippen molar-refractivity contribution in [2.75, 3.05) is 16.2 Å². The number of hydrogen-bond donors (Lipinski definition) is 1. The van der Waals surface area contributed by atoms with Gasteiger partial charge in [0.15, 0.2) is 0 Å². The zero-order chi connectivity index (χ0) is 19.3. The molecule has 0 spiro atoms. The first-order chi connectivity index (χ1) is 13.0. The van der Waals surface area contributed by atoms with Gasteiger partial charge in [0.25, 0.3) is 10.0 Å². The van der Waals surface area contributed by atoms with Gasteiger partial charge in [0.05, 0.1) is 17.8 Å². The van der Waals surface area contributed by atoms with Gasteiger partial charge in [-0.2, -0.15) is 0 Å². The molecule has 3 rings (SSSR count). The Labute approximate surface area is 163 Å². The summed E-state index contributed by atoms with van der Waals surface area (Å²) in [5, 5.41) is 4.65. The molecule has 1 amide bonds. The predicted octanol–water partition coefficient (Wildman–Crippen LogP) is 4.14. The molecule has 27 heavy (non-hydrogen) atoms. The van der Waals surface area contributed by atoms with Gasteiger partial charge in [0.2, 0.25) is 5.91 Å². The lowest BCUT2D eigenvalue weighted by molar-refractivity contribution is -0.115. The highest BCUT2D eigenvalue weighted by atomic mass is 32.2. The Morgan fingerprint density at radius 1 is 1.00 bits per heavy atom. The van der Waals surface area contributed by atoms with Gasteiger partial charge in [0, 0.05) is 11.4 Å². The standard InChI is InChI=1S/C20H20N2O3S2/c1-2-22(16-9-4-3-5-10-16)27(24,25)19-13-7-6-12-18(19)21-20(23)15-17-11-8-14-26-17/h3-14H,2,15H2,1H3,(H,21,23). The van der Waals surface area contributed by atoms with Gasteiger partial charge < -0.3 is 5.32 Å². The average molecular weight is 401 g/mol. The van der Waals surface area contributed by atoms with Crippen molar-refractivity contribution < 1.29 is 13.2 Å². The van der Waals surface area contributed by atoms with Crippen LogP contribution in [0.1, 0.15) is 11.8 Å². The van der Waals surface area contributed by atoms with Gasteiger partial charge in [-0.3, -0.25) is 9.10 Å². The molecule has 0 aliphatic carbocycles. The number of sulfonamides is 1. The largest absolute Gasteiger partial charge is 0.325 e. The smallest absolute Gasteiger partial charge is 0.266 e. The van der Waals surface area contributed by atoms with Crippen LogP contribution in [-0.4, -0.2) is 20.9 Å². The number of carbonyl (C=O) groups excluding carboxylic acids is 1. The van der Waals surface area contributed by atoms with Crippen molar-refractivity contribution in [1.29, 1.82) is 0 Å². The molecule has 0 fully saturated rings. The van der Waals surface area contributed by atoms with Crippen LogP contribution in [0.15, 0.2) is 77.0 Å². The average Bonchev–Trinajstić information content (AvgIpc) is 3.16. The minimum Gasteiger partial charge on any atom is -0.325 e. The number of rotatable bonds is 7. The third-order valence-electron chi connectivity index (χ3n) is 3.98. The lowest BCUT2D eigenvalue weighted by Crippen LogP contribution is -2.31. The normalized spacial score (nSPS) is 11.1. The summed E-state index contributed by atoms with van der Waals surface area (Å²) >= 11 is 1.49. The van der Waals surface area contributed by atoms with Crippen molar-refractivity contribution >= 4 is 38.6 Å². The molecule has 0 saturated carbocycles. The van der Waals surface area contributed by atoms with E-state index >= 15 is 0 Å². The van der Waals surface area contributed by atoms with Crippen molar-refractivity contribution in [3.63, 3.8) is 0 Å². The number of amides is 1. The predicted molar refractivity (Wildman–Crippen MR) is 110 cm³/mol. The number of para-hydroxylation sites is 2. The maximum atomic E-state index is 13.3. The fourth-order valence-corrected chi connectivity index (χ4v) is 5.09. The number of thiophene rings is 1. The minimum atomic E-state index is -3.82. The van der Waals surface area contributed by atoms with Gasteiger partial charge >= 0.3 is 0 Å². The highest BCUT2D eigenvalue weighted by Gasteiger charge is 2.26. The molecule has 0 radical (unpaired) electrons. The molecule has 1 heterocycles. The molecule has 7 heteroatoms. The van der Waals surface area contributed by atoms with Crippen LogP contribution in [0.4, 0.5) is 11.4 Å². The maximum absolute atomic E-state index is 13.3. The van der Waals surface area contributed by atoms with Crippen LogP contribution in [0, 0.1) is 0 Å². The summed E-state index contributed by atoms with van der Waals surface area (Å²) in [7, 11) is -3.82. The second-order valence-corrected chi connectivity index (χ2v) is 8.67. The van der Waals surface area contributed by atoms with Crippen molar-refractivity contribution in [3.8, 4) is 0 Å². The molecule has 0 unspecified atom stereocenters. The van der Waals surface area contributed by atoms with E-state index in [1.165, 1.54) is 21.7 Å². The van der Waals surface area contributed by atoms with Crippen molar-refractivity contribution in [3.05, 3.63) is 77.0 Å². The summed E-state index contributed by atoms with van der Waals surface area (Å²) in [6, 6.07) is 19.2. The Balaban J connectivity index is 1.91. The van der Waals surface area contributed by atoms with Gasteiger partial charge in [-0.25, -0.2) is 8.42 Å². The van der Waals surface area contributed by atoms with Crippen LogP contribution >= 0.6 is 11.3 Å².